The van der Waals surface area contributed by atoms with E-state index in [9.17, 15) is 0 Å². The van der Waals surface area contributed by atoms with Crippen LogP contribution in [-0.2, 0) is 5.75 Å². The molecule has 1 aromatic carbocycles. The Kier molecular flexibility index (Phi) is 5.81. The number of halogens is 1. The number of hydrogen-bond acceptors (Lipinski definition) is 3. The second-order valence-electron chi connectivity index (χ2n) is 3.78. The van der Waals surface area contributed by atoms with Crippen molar-refractivity contribution in [1.82, 2.24) is 0 Å². The lowest BCUT2D eigenvalue weighted by atomic mass is 10.2. The number of hydrogen-bond donors (Lipinski definition) is 1. The normalized spacial score (nSPS) is 10.0. The summed E-state index contributed by atoms with van der Waals surface area (Å²) in [5, 5.41) is 11.5. The predicted molar refractivity (Wildman–Crippen MR) is 83.9 cm³/mol. The van der Waals surface area contributed by atoms with Crippen molar-refractivity contribution in [3.05, 3.63) is 51.2 Å². The van der Waals surface area contributed by atoms with Crippen LogP contribution in [0, 0.1) is 11.8 Å². The molecule has 0 bridgehead atoms. The average molecular weight is 309 g/mol. The smallest absolute Gasteiger partial charge is 0.0540 e. The van der Waals surface area contributed by atoms with Gasteiger partial charge in [-0.2, -0.15) is 0 Å². The Morgan fingerprint density at radius 3 is 2.74 bits per heavy atom. The lowest BCUT2D eigenvalue weighted by Crippen LogP contribution is -1.81. The SMILES string of the molecule is OCCC#Cc1ccsc1CSc1ccc(Cl)cc1. The lowest BCUT2D eigenvalue weighted by Gasteiger charge is -2.00. The topological polar surface area (TPSA) is 20.2 Å². The molecule has 2 aromatic rings. The van der Waals surface area contributed by atoms with Gasteiger partial charge in [-0.25, -0.2) is 0 Å². The van der Waals surface area contributed by atoms with Crippen LogP contribution >= 0.6 is 34.7 Å². The third kappa shape index (κ3) is 4.59. The number of aliphatic hydroxyl groups excluding tert-OH is 1. The van der Waals surface area contributed by atoms with E-state index in [-0.39, 0.29) is 6.61 Å². The molecule has 0 saturated carbocycles. The third-order valence-corrected chi connectivity index (χ3v) is 4.78. The van der Waals surface area contributed by atoms with E-state index in [1.165, 1.54) is 9.77 Å². The Balaban J connectivity index is 1.98. The van der Waals surface area contributed by atoms with Crippen LogP contribution < -0.4 is 0 Å². The molecule has 1 aromatic heterocycles. The second kappa shape index (κ2) is 7.62. The van der Waals surface area contributed by atoms with Gasteiger partial charge in [-0.15, -0.1) is 23.1 Å². The van der Waals surface area contributed by atoms with E-state index >= 15 is 0 Å². The molecule has 0 atom stereocenters. The van der Waals surface area contributed by atoms with Gasteiger partial charge in [0.1, 0.15) is 0 Å². The molecule has 98 valence electrons. The van der Waals surface area contributed by atoms with Gasteiger partial charge in [0.25, 0.3) is 0 Å². The molecule has 0 aliphatic rings. The zero-order chi connectivity index (χ0) is 13.5. The first kappa shape index (κ1) is 14.5. The molecule has 0 radical (unpaired) electrons. The summed E-state index contributed by atoms with van der Waals surface area (Å²) in [6.07, 6.45) is 0.527. The summed E-state index contributed by atoms with van der Waals surface area (Å²) in [6.45, 7) is 0.117. The maximum absolute atomic E-state index is 8.72. The number of rotatable bonds is 4. The highest BCUT2D eigenvalue weighted by Gasteiger charge is 2.03. The number of aliphatic hydroxyl groups is 1. The maximum Gasteiger partial charge on any atom is 0.0540 e. The minimum atomic E-state index is 0.117. The van der Waals surface area contributed by atoms with E-state index in [0.29, 0.717) is 6.42 Å². The van der Waals surface area contributed by atoms with Crippen molar-refractivity contribution in [2.75, 3.05) is 6.61 Å². The number of benzene rings is 1. The molecule has 0 saturated heterocycles. The minimum Gasteiger partial charge on any atom is -0.395 e. The van der Waals surface area contributed by atoms with Crippen molar-refractivity contribution in [3.63, 3.8) is 0 Å². The third-order valence-electron chi connectivity index (χ3n) is 2.39. The molecular weight excluding hydrogens is 296 g/mol. The van der Waals surface area contributed by atoms with E-state index in [2.05, 4.69) is 17.2 Å². The van der Waals surface area contributed by atoms with Crippen molar-refractivity contribution in [3.8, 4) is 11.8 Å². The molecule has 0 unspecified atom stereocenters. The van der Waals surface area contributed by atoms with Crippen LogP contribution in [0.1, 0.15) is 16.9 Å². The Morgan fingerprint density at radius 1 is 1.21 bits per heavy atom. The van der Waals surface area contributed by atoms with E-state index in [1.807, 2.05) is 30.3 Å². The van der Waals surface area contributed by atoms with Gasteiger partial charge in [0.2, 0.25) is 0 Å². The number of thiophene rings is 1. The van der Waals surface area contributed by atoms with E-state index in [0.717, 1.165) is 16.3 Å². The molecule has 1 heterocycles. The Hall–Kier alpha value is -0.920. The summed E-state index contributed by atoms with van der Waals surface area (Å²) in [4.78, 5) is 2.47. The van der Waals surface area contributed by atoms with Gasteiger partial charge in [0, 0.05) is 32.5 Å². The quantitative estimate of drug-likeness (QED) is 0.666. The molecule has 4 heteroatoms. The molecule has 1 N–H and O–H groups in total. The van der Waals surface area contributed by atoms with E-state index < -0.39 is 0 Å². The molecule has 0 aliphatic carbocycles. The van der Waals surface area contributed by atoms with E-state index in [4.69, 9.17) is 16.7 Å². The van der Waals surface area contributed by atoms with Crippen LogP contribution in [0.25, 0.3) is 0 Å². The van der Waals surface area contributed by atoms with Crippen molar-refractivity contribution >= 4 is 34.7 Å². The second-order valence-corrected chi connectivity index (χ2v) is 6.26. The average Bonchev–Trinajstić information content (AvgIpc) is 2.86. The first-order valence-electron chi connectivity index (χ1n) is 5.84. The van der Waals surface area contributed by atoms with Crippen LogP contribution in [-0.4, -0.2) is 11.7 Å². The van der Waals surface area contributed by atoms with Crippen LogP contribution in [0.4, 0.5) is 0 Å². The molecule has 0 aliphatic heterocycles. The van der Waals surface area contributed by atoms with Gasteiger partial charge >= 0.3 is 0 Å². The van der Waals surface area contributed by atoms with Gasteiger partial charge in [-0.1, -0.05) is 23.4 Å². The predicted octanol–water partition coefficient (Wildman–Crippen LogP) is 4.43. The minimum absolute atomic E-state index is 0.117. The molecular formula is C15H13ClOS2. The zero-order valence-corrected chi connectivity index (χ0v) is 12.6. The van der Waals surface area contributed by atoms with Crippen LogP contribution in [0.3, 0.4) is 0 Å². The van der Waals surface area contributed by atoms with Gasteiger partial charge in [-0.05, 0) is 35.7 Å². The summed E-state index contributed by atoms with van der Waals surface area (Å²) in [5.74, 6) is 6.97. The fraction of sp³-hybridized carbons (Fsp3) is 0.200. The number of thioether (sulfide) groups is 1. The van der Waals surface area contributed by atoms with Gasteiger partial charge < -0.3 is 5.11 Å². The van der Waals surface area contributed by atoms with Gasteiger partial charge in [0.05, 0.1) is 6.61 Å². The van der Waals surface area contributed by atoms with Crippen molar-refractivity contribution in [2.45, 2.75) is 17.1 Å². The monoisotopic (exact) mass is 308 g/mol. The summed E-state index contributed by atoms with van der Waals surface area (Å²) in [7, 11) is 0. The van der Waals surface area contributed by atoms with Crippen molar-refractivity contribution in [1.29, 1.82) is 0 Å². The van der Waals surface area contributed by atoms with Crippen molar-refractivity contribution in [2.24, 2.45) is 0 Å². The summed E-state index contributed by atoms with van der Waals surface area (Å²) >= 11 is 9.35. The molecule has 2 rings (SSSR count). The largest absolute Gasteiger partial charge is 0.395 e. The fourth-order valence-corrected chi connectivity index (χ4v) is 3.43. The van der Waals surface area contributed by atoms with Crippen LogP contribution in [0.5, 0.6) is 0 Å². The summed E-state index contributed by atoms with van der Waals surface area (Å²) < 4.78 is 0. The first-order chi connectivity index (χ1) is 9.29. The van der Waals surface area contributed by atoms with Crippen LogP contribution in [0.15, 0.2) is 40.6 Å². The Labute approximate surface area is 126 Å². The highest BCUT2D eigenvalue weighted by Crippen LogP contribution is 2.28. The zero-order valence-electron chi connectivity index (χ0n) is 10.2. The molecule has 19 heavy (non-hydrogen) atoms. The maximum atomic E-state index is 8.72. The van der Waals surface area contributed by atoms with Gasteiger partial charge in [-0.3, -0.25) is 0 Å². The van der Waals surface area contributed by atoms with Crippen LogP contribution in [0.2, 0.25) is 5.02 Å². The molecule has 0 spiro atoms. The lowest BCUT2D eigenvalue weighted by molar-refractivity contribution is 0.305. The molecule has 1 nitrogen and oxygen atoms in total. The summed E-state index contributed by atoms with van der Waals surface area (Å²) in [5.41, 5.74) is 1.07. The highest BCUT2D eigenvalue weighted by atomic mass is 35.5. The molecule has 0 amide bonds. The molecule has 0 fully saturated rings. The highest BCUT2D eigenvalue weighted by molar-refractivity contribution is 7.98. The standard InChI is InChI=1S/C15H13ClOS2/c16-13-4-6-14(7-5-13)19-11-15-12(8-10-18-15)3-1-2-9-17/h4-8,10,17H,2,9,11H2. The Bertz CT molecular complexity index is 578. The Morgan fingerprint density at radius 2 is 2.00 bits per heavy atom. The van der Waals surface area contributed by atoms with Crippen molar-refractivity contribution < 1.29 is 5.11 Å². The summed E-state index contributed by atoms with van der Waals surface area (Å²) in [6, 6.07) is 9.89. The van der Waals surface area contributed by atoms with E-state index in [1.54, 1.807) is 23.1 Å². The fourth-order valence-electron chi connectivity index (χ4n) is 1.46. The van der Waals surface area contributed by atoms with Gasteiger partial charge in [0.15, 0.2) is 0 Å². The first-order valence-corrected chi connectivity index (χ1v) is 8.08.